The lowest BCUT2D eigenvalue weighted by molar-refractivity contribution is -0.131. The summed E-state index contributed by atoms with van der Waals surface area (Å²) in [7, 11) is 1.61. The summed E-state index contributed by atoms with van der Waals surface area (Å²) in [4.78, 5) is 30.3. The molecule has 0 aliphatic heterocycles. The van der Waals surface area contributed by atoms with Crippen LogP contribution in [0.5, 0.6) is 0 Å². The van der Waals surface area contributed by atoms with Crippen molar-refractivity contribution in [1.82, 2.24) is 14.5 Å². The highest BCUT2D eigenvalue weighted by Gasteiger charge is 2.15. The number of likely N-dealkylation sites (N-methyl/N-ethyl adjacent to an activating group) is 1. The van der Waals surface area contributed by atoms with Crippen LogP contribution in [-0.2, 0) is 9.59 Å². The van der Waals surface area contributed by atoms with E-state index in [1.54, 1.807) is 19.3 Å². The van der Waals surface area contributed by atoms with Gasteiger partial charge in [0.15, 0.2) is 5.16 Å². The third-order valence-corrected chi connectivity index (χ3v) is 5.35. The van der Waals surface area contributed by atoms with Crippen LogP contribution in [0.2, 0.25) is 5.02 Å². The van der Waals surface area contributed by atoms with Gasteiger partial charge in [-0.3, -0.25) is 14.2 Å². The van der Waals surface area contributed by atoms with Crippen molar-refractivity contribution in [3.63, 3.8) is 0 Å². The van der Waals surface area contributed by atoms with Crippen LogP contribution >= 0.6 is 23.4 Å². The number of benzene rings is 2. The van der Waals surface area contributed by atoms with Gasteiger partial charge in [-0.2, -0.15) is 0 Å². The molecule has 0 radical (unpaired) electrons. The van der Waals surface area contributed by atoms with Gasteiger partial charge in [-0.05, 0) is 37.3 Å². The SMILES string of the molecule is Cc1ccc(NC(=O)CN(C)C(=O)CSc2nccn2-c2cccc(Cl)c2)cc1. The minimum atomic E-state index is -0.241. The molecular formula is C21H21ClN4O2S. The molecule has 0 fully saturated rings. The number of amides is 2. The molecule has 2 aromatic carbocycles. The fourth-order valence-corrected chi connectivity index (χ4v) is 3.69. The second-order valence-corrected chi connectivity index (χ2v) is 7.89. The van der Waals surface area contributed by atoms with E-state index in [4.69, 9.17) is 11.6 Å². The average Bonchev–Trinajstić information content (AvgIpc) is 3.16. The third-order valence-electron chi connectivity index (χ3n) is 4.16. The number of carbonyl (C=O) groups excluding carboxylic acids is 2. The Morgan fingerprint density at radius 2 is 1.97 bits per heavy atom. The van der Waals surface area contributed by atoms with E-state index < -0.39 is 0 Å². The Bertz CT molecular complexity index is 1000. The number of halogens is 1. The number of carbonyl (C=O) groups is 2. The molecule has 3 rings (SSSR count). The first kappa shape index (κ1) is 21.0. The Morgan fingerprint density at radius 3 is 2.69 bits per heavy atom. The van der Waals surface area contributed by atoms with Gasteiger partial charge in [-0.15, -0.1) is 0 Å². The number of hydrogen-bond acceptors (Lipinski definition) is 4. The number of anilines is 1. The largest absolute Gasteiger partial charge is 0.336 e. The first-order valence-corrected chi connectivity index (χ1v) is 10.3. The van der Waals surface area contributed by atoms with E-state index in [2.05, 4.69) is 10.3 Å². The van der Waals surface area contributed by atoms with E-state index in [1.165, 1.54) is 16.7 Å². The Kier molecular flexibility index (Phi) is 6.95. The Balaban J connectivity index is 1.53. The molecule has 1 N–H and O–H groups in total. The zero-order valence-corrected chi connectivity index (χ0v) is 17.7. The lowest BCUT2D eigenvalue weighted by Gasteiger charge is -2.17. The first-order chi connectivity index (χ1) is 13.9. The molecule has 1 heterocycles. The van der Waals surface area contributed by atoms with Crippen LogP contribution in [0.25, 0.3) is 5.69 Å². The zero-order valence-electron chi connectivity index (χ0n) is 16.1. The van der Waals surface area contributed by atoms with Gasteiger partial charge in [-0.1, -0.05) is 47.1 Å². The Hall–Kier alpha value is -2.77. The van der Waals surface area contributed by atoms with Crippen LogP contribution in [-0.4, -0.2) is 45.6 Å². The van der Waals surface area contributed by atoms with E-state index >= 15 is 0 Å². The molecule has 2 amide bonds. The number of nitrogens with one attached hydrogen (secondary N) is 1. The van der Waals surface area contributed by atoms with Gasteiger partial charge in [0.1, 0.15) is 0 Å². The van der Waals surface area contributed by atoms with Gasteiger partial charge in [0.25, 0.3) is 0 Å². The van der Waals surface area contributed by atoms with E-state index in [-0.39, 0.29) is 24.1 Å². The van der Waals surface area contributed by atoms with Crippen LogP contribution in [0.1, 0.15) is 5.56 Å². The summed E-state index contributed by atoms with van der Waals surface area (Å²) in [6.07, 6.45) is 3.49. The van der Waals surface area contributed by atoms with Gasteiger partial charge in [0, 0.05) is 35.8 Å². The predicted molar refractivity (Wildman–Crippen MR) is 117 cm³/mol. The maximum atomic E-state index is 12.4. The summed E-state index contributed by atoms with van der Waals surface area (Å²) in [5.41, 5.74) is 2.69. The highest BCUT2D eigenvalue weighted by Crippen LogP contribution is 2.22. The average molecular weight is 429 g/mol. The summed E-state index contributed by atoms with van der Waals surface area (Å²) in [6, 6.07) is 14.9. The smallest absolute Gasteiger partial charge is 0.243 e. The number of hydrogen-bond donors (Lipinski definition) is 1. The number of rotatable bonds is 7. The summed E-state index contributed by atoms with van der Waals surface area (Å²) in [5.74, 6) is -0.226. The molecule has 3 aromatic rings. The number of aryl methyl sites for hydroxylation is 1. The minimum absolute atomic E-state index is 0.0179. The molecule has 6 nitrogen and oxygen atoms in total. The fraction of sp³-hybridized carbons (Fsp3) is 0.190. The first-order valence-electron chi connectivity index (χ1n) is 8.95. The number of imidazole rings is 1. The summed E-state index contributed by atoms with van der Waals surface area (Å²) >= 11 is 7.37. The van der Waals surface area contributed by atoms with Crippen molar-refractivity contribution in [2.45, 2.75) is 12.1 Å². The molecule has 0 aliphatic carbocycles. The molecule has 150 valence electrons. The normalized spacial score (nSPS) is 10.6. The third kappa shape index (κ3) is 5.85. The Labute approximate surface area is 178 Å². The van der Waals surface area contributed by atoms with Gasteiger partial charge < -0.3 is 10.2 Å². The van der Waals surface area contributed by atoms with Gasteiger partial charge >= 0.3 is 0 Å². The molecule has 8 heteroatoms. The van der Waals surface area contributed by atoms with Gasteiger partial charge in [0.2, 0.25) is 11.8 Å². The van der Waals surface area contributed by atoms with Gasteiger partial charge in [-0.25, -0.2) is 4.98 Å². The van der Waals surface area contributed by atoms with Crippen LogP contribution < -0.4 is 5.32 Å². The minimum Gasteiger partial charge on any atom is -0.336 e. The highest BCUT2D eigenvalue weighted by atomic mass is 35.5. The maximum Gasteiger partial charge on any atom is 0.243 e. The number of aromatic nitrogens is 2. The van der Waals surface area contributed by atoms with Crippen molar-refractivity contribution >= 4 is 40.9 Å². The van der Waals surface area contributed by atoms with Crippen LogP contribution in [0.4, 0.5) is 5.69 Å². The van der Waals surface area contributed by atoms with Crippen LogP contribution in [0, 0.1) is 6.92 Å². The van der Waals surface area contributed by atoms with E-state index in [9.17, 15) is 9.59 Å². The standard InChI is InChI=1S/C21H21ClN4O2S/c1-15-6-8-17(9-7-15)24-19(27)13-25(2)20(28)14-29-21-23-10-11-26(21)18-5-3-4-16(22)12-18/h3-12H,13-14H2,1-2H3,(H,24,27). The number of thioether (sulfide) groups is 1. The molecule has 29 heavy (non-hydrogen) atoms. The fourth-order valence-electron chi connectivity index (χ4n) is 2.60. The van der Waals surface area contributed by atoms with Crippen molar-refractivity contribution in [2.24, 2.45) is 0 Å². The molecule has 0 atom stereocenters. The van der Waals surface area contributed by atoms with Crippen molar-refractivity contribution < 1.29 is 9.59 Å². The highest BCUT2D eigenvalue weighted by molar-refractivity contribution is 7.99. The molecule has 0 bridgehead atoms. The summed E-state index contributed by atoms with van der Waals surface area (Å²) in [6.45, 7) is 1.96. The topological polar surface area (TPSA) is 67.2 Å². The van der Waals surface area contributed by atoms with Crippen molar-refractivity contribution in [1.29, 1.82) is 0 Å². The van der Waals surface area contributed by atoms with E-state index in [0.29, 0.717) is 15.9 Å². The summed E-state index contributed by atoms with van der Waals surface area (Å²) < 4.78 is 1.87. The maximum absolute atomic E-state index is 12.4. The van der Waals surface area contributed by atoms with Crippen molar-refractivity contribution in [3.8, 4) is 5.69 Å². The van der Waals surface area contributed by atoms with Crippen LogP contribution in [0.3, 0.4) is 0 Å². The predicted octanol–water partition coefficient (Wildman–Crippen LogP) is 4.02. The lowest BCUT2D eigenvalue weighted by Crippen LogP contribution is -2.36. The van der Waals surface area contributed by atoms with Crippen molar-refractivity contribution in [2.75, 3.05) is 24.7 Å². The van der Waals surface area contributed by atoms with Gasteiger partial charge in [0.05, 0.1) is 12.3 Å². The molecule has 0 saturated heterocycles. The summed E-state index contributed by atoms with van der Waals surface area (Å²) in [5, 5.41) is 4.10. The second kappa shape index (κ2) is 9.62. The number of nitrogens with zero attached hydrogens (tertiary/aromatic N) is 3. The molecule has 0 unspecified atom stereocenters. The molecular weight excluding hydrogens is 408 g/mol. The van der Waals surface area contributed by atoms with Crippen molar-refractivity contribution in [3.05, 3.63) is 71.5 Å². The van der Waals surface area contributed by atoms with E-state index in [1.807, 2.05) is 60.2 Å². The second-order valence-electron chi connectivity index (χ2n) is 6.51. The molecule has 1 aromatic heterocycles. The Morgan fingerprint density at radius 1 is 1.21 bits per heavy atom. The van der Waals surface area contributed by atoms with E-state index in [0.717, 1.165) is 11.3 Å². The monoisotopic (exact) mass is 428 g/mol. The lowest BCUT2D eigenvalue weighted by atomic mass is 10.2. The molecule has 0 aliphatic rings. The molecule has 0 spiro atoms. The zero-order chi connectivity index (χ0) is 20.8. The quantitative estimate of drug-likeness (QED) is 0.577. The van der Waals surface area contributed by atoms with Crippen LogP contribution in [0.15, 0.2) is 66.1 Å². The molecule has 0 saturated carbocycles.